The molecule has 46 heavy (non-hydrogen) atoms. The summed E-state index contributed by atoms with van der Waals surface area (Å²) < 4.78 is 29.0. The van der Waals surface area contributed by atoms with Crippen LogP contribution in [-0.4, -0.2) is 80.9 Å². The highest BCUT2D eigenvalue weighted by Gasteiger charge is 2.34. The van der Waals surface area contributed by atoms with Crippen molar-refractivity contribution in [1.82, 2.24) is 10.2 Å². The minimum Gasteiger partial charge on any atom is -0.493 e. The molecule has 3 atom stereocenters. The van der Waals surface area contributed by atoms with Crippen LogP contribution in [0.1, 0.15) is 48.8 Å². The zero-order valence-electron chi connectivity index (χ0n) is 26.9. The molecule has 0 bridgehead atoms. The Balaban J connectivity index is 0.955. The molecule has 1 saturated heterocycles. The van der Waals surface area contributed by atoms with Crippen molar-refractivity contribution in [2.45, 2.75) is 69.8 Å². The number of hydrogen-bond acceptors (Lipinski definition) is 8. The highest BCUT2D eigenvalue weighted by molar-refractivity contribution is 5.67. The standard InChI is InChI=1S/C37H48N2O7/c1-42-36-25-29(19-22-43-34-10-6-5-9-33(34)39-21-17-31(40)26-39)13-16-35(36)44-24-20-38-37(41)45-23-18-28-11-14-32(15-12-28)46-27-30-7-3-2-4-8-30/h2-4,7-8,11-16,25,31,33-34,40H,5-6,9-10,17-24,26-27H2,1H3,(H,38,41)/t31-,33?,34+/m1/s1. The van der Waals surface area contributed by atoms with Crippen LogP contribution >= 0.6 is 0 Å². The van der Waals surface area contributed by atoms with E-state index in [9.17, 15) is 9.90 Å². The smallest absolute Gasteiger partial charge is 0.407 e. The number of benzene rings is 3. The number of amides is 1. The molecular formula is C37H48N2O7. The first-order valence-corrected chi connectivity index (χ1v) is 16.6. The van der Waals surface area contributed by atoms with Gasteiger partial charge in [-0.1, -0.05) is 61.4 Å². The number of β-amino-alcohol motifs (C(OH)–C–C–N with tert-alkyl or cyclic N) is 1. The van der Waals surface area contributed by atoms with Gasteiger partial charge in [0.15, 0.2) is 11.5 Å². The van der Waals surface area contributed by atoms with Crippen LogP contribution in [0.4, 0.5) is 4.79 Å². The summed E-state index contributed by atoms with van der Waals surface area (Å²) in [6, 6.07) is 24.2. The predicted octanol–water partition coefficient (Wildman–Crippen LogP) is 5.56. The van der Waals surface area contributed by atoms with Crippen LogP contribution in [0, 0.1) is 0 Å². The fraction of sp³-hybridized carbons (Fsp3) is 0.486. The van der Waals surface area contributed by atoms with Crippen molar-refractivity contribution in [1.29, 1.82) is 0 Å². The summed E-state index contributed by atoms with van der Waals surface area (Å²) in [7, 11) is 1.63. The molecule has 1 unspecified atom stereocenters. The van der Waals surface area contributed by atoms with E-state index < -0.39 is 6.09 Å². The van der Waals surface area contributed by atoms with E-state index in [0.717, 1.165) is 61.2 Å². The van der Waals surface area contributed by atoms with Gasteiger partial charge in [-0.2, -0.15) is 0 Å². The average Bonchev–Trinajstić information content (AvgIpc) is 3.53. The fourth-order valence-electron chi connectivity index (χ4n) is 6.19. The van der Waals surface area contributed by atoms with Gasteiger partial charge in [0, 0.05) is 25.6 Å². The van der Waals surface area contributed by atoms with E-state index in [4.69, 9.17) is 23.7 Å². The summed E-state index contributed by atoms with van der Waals surface area (Å²) in [5.41, 5.74) is 3.30. The predicted molar refractivity (Wildman–Crippen MR) is 177 cm³/mol. The van der Waals surface area contributed by atoms with E-state index in [1.165, 1.54) is 12.8 Å². The molecule has 1 heterocycles. The van der Waals surface area contributed by atoms with Gasteiger partial charge >= 0.3 is 6.09 Å². The van der Waals surface area contributed by atoms with Gasteiger partial charge < -0.3 is 34.1 Å². The zero-order chi connectivity index (χ0) is 32.0. The molecule has 9 nitrogen and oxygen atoms in total. The third-order valence-corrected chi connectivity index (χ3v) is 8.71. The Bertz CT molecular complexity index is 1340. The molecule has 1 aliphatic heterocycles. The van der Waals surface area contributed by atoms with Crippen LogP contribution in [0.5, 0.6) is 17.2 Å². The molecule has 1 amide bonds. The van der Waals surface area contributed by atoms with E-state index in [0.29, 0.717) is 43.7 Å². The van der Waals surface area contributed by atoms with E-state index >= 15 is 0 Å². The second kappa shape index (κ2) is 17.8. The lowest BCUT2D eigenvalue weighted by Crippen LogP contribution is -2.46. The number of hydrogen-bond donors (Lipinski definition) is 2. The van der Waals surface area contributed by atoms with Crippen LogP contribution in [-0.2, 0) is 28.9 Å². The Morgan fingerprint density at radius 1 is 0.848 bits per heavy atom. The minimum absolute atomic E-state index is 0.202. The Kier molecular flexibility index (Phi) is 13.0. The molecular weight excluding hydrogens is 584 g/mol. The molecule has 2 fully saturated rings. The summed E-state index contributed by atoms with van der Waals surface area (Å²) in [5.74, 6) is 2.08. The highest BCUT2D eigenvalue weighted by atomic mass is 16.5. The van der Waals surface area contributed by atoms with Crippen LogP contribution in [0.2, 0.25) is 0 Å². The molecule has 1 saturated carbocycles. The molecule has 2 N–H and O–H groups in total. The van der Waals surface area contributed by atoms with Crippen LogP contribution in [0.25, 0.3) is 0 Å². The monoisotopic (exact) mass is 632 g/mol. The lowest BCUT2D eigenvalue weighted by Gasteiger charge is -2.37. The van der Waals surface area contributed by atoms with Crippen LogP contribution < -0.4 is 19.5 Å². The highest BCUT2D eigenvalue weighted by Crippen LogP contribution is 2.30. The van der Waals surface area contributed by atoms with Gasteiger partial charge in [0.2, 0.25) is 0 Å². The molecule has 5 rings (SSSR count). The maximum Gasteiger partial charge on any atom is 0.407 e. The number of nitrogens with one attached hydrogen (secondary N) is 1. The van der Waals surface area contributed by atoms with E-state index in [-0.39, 0.29) is 25.4 Å². The topological polar surface area (TPSA) is 98.7 Å². The molecule has 9 heteroatoms. The van der Waals surface area contributed by atoms with Crippen molar-refractivity contribution >= 4 is 6.09 Å². The Hall–Kier alpha value is -3.79. The quantitative estimate of drug-likeness (QED) is 0.198. The molecule has 248 valence electrons. The van der Waals surface area contributed by atoms with Crippen molar-refractivity contribution in [3.63, 3.8) is 0 Å². The Morgan fingerprint density at radius 2 is 1.63 bits per heavy atom. The first-order valence-electron chi connectivity index (χ1n) is 16.6. The zero-order valence-corrected chi connectivity index (χ0v) is 26.9. The average molecular weight is 633 g/mol. The van der Waals surface area contributed by atoms with Crippen molar-refractivity contribution in [2.24, 2.45) is 0 Å². The number of ether oxygens (including phenoxy) is 5. The SMILES string of the molecule is COc1cc(CCO[C@H]2CCCCC2N2CC[C@@H](O)C2)ccc1OCCNC(=O)OCCc1ccc(OCc2ccccc2)cc1. The number of likely N-dealkylation sites (tertiary alicyclic amines) is 1. The van der Waals surface area contributed by atoms with Crippen LogP contribution in [0.15, 0.2) is 72.8 Å². The van der Waals surface area contributed by atoms with Gasteiger partial charge in [0.1, 0.15) is 19.0 Å². The summed E-state index contributed by atoms with van der Waals surface area (Å²) in [6.07, 6.45) is 6.45. The molecule has 3 aromatic rings. The third-order valence-electron chi connectivity index (χ3n) is 8.71. The molecule has 0 aromatic heterocycles. The van der Waals surface area contributed by atoms with Gasteiger partial charge in [-0.3, -0.25) is 4.90 Å². The summed E-state index contributed by atoms with van der Waals surface area (Å²) >= 11 is 0. The maximum absolute atomic E-state index is 12.2. The number of methoxy groups -OCH3 is 1. The van der Waals surface area contributed by atoms with Gasteiger partial charge in [0.05, 0.1) is 39.1 Å². The second-order valence-corrected chi connectivity index (χ2v) is 12.0. The summed E-state index contributed by atoms with van der Waals surface area (Å²) in [5, 5.41) is 12.7. The lowest BCUT2D eigenvalue weighted by molar-refractivity contribution is -0.0316. The number of carbonyl (C=O) groups excluding carboxylic acids is 1. The number of aliphatic hydroxyl groups excluding tert-OH is 1. The normalized spacial score (nSPS) is 19.8. The van der Waals surface area contributed by atoms with Crippen molar-refractivity contribution in [2.75, 3.05) is 46.6 Å². The number of carbonyl (C=O) groups is 1. The Labute approximate surface area is 272 Å². The number of aliphatic hydroxyl groups is 1. The second-order valence-electron chi connectivity index (χ2n) is 12.0. The molecule has 1 aliphatic carbocycles. The summed E-state index contributed by atoms with van der Waals surface area (Å²) in [6.45, 7) is 3.76. The largest absolute Gasteiger partial charge is 0.493 e. The van der Waals surface area contributed by atoms with Crippen molar-refractivity contribution in [3.05, 3.63) is 89.5 Å². The van der Waals surface area contributed by atoms with Crippen LogP contribution in [0.3, 0.4) is 0 Å². The number of rotatable bonds is 16. The molecule has 0 radical (unpaired) electrons. The molecule has 2 aliphatic rings. The number of alkyl carbamates (subject to hydrolysis) is 1. The van der Waals surface area contributed by atoms with Crippen molar-refractivity contribution in [3.8, 4) is 17.2 Å². The van der Waals surface area contributed by atoms with Gasteiger partial charge in [-0.15, -0.1) is 0 Å². The Morgan fingerprint density at radius 3 is 2.41 bits per heavy atom. The maximum atomic E-state index is 12.2. The van der Waals surface area contributed by atoms with Gasteiger partial charge in [0.25, 0.3) is 0 Å². The van der Waals surface area contributed by atoms with E-state index in [1.807, 2.05) is 72.8 Å². The lowest BCUT2D eigenvalue weighted by atomic mass is 9.91. The minimum atomic E-state index is -0.477. The fourth-order valence-corrected chi connectivity index (χ4v) is 6.19. The molecule has 3 aromatic carbocycles. The summed E-state index contributed by atoms with van der Waals surface area (Å²) in [4.78, 5) is 14.6. The van der Waals surface area contributed by atoms with Gasteiger partial charge in [-0.25, -0.2) is 4.79 Å². The molecule has 0 spiro atoms. The third kappa shape index (κ3) is 10.4. The van der Waals surface area contributed by atoms with E-state index in [1.54, 1.807) is 7.11 Å². The first kappa shape index (κ1) is 33.6. The number of nitrogens with zero attached hydrogens (tertiary/aromatic N) is 1. The van der Waals surface area contributed by atoms with Crippen molar-refractivity contribution < 1.29 is 33.6 Å². The van der Waals surface area contributed by atoms with E-state index in [2.05, 4.69) is 10.2 Å². The first-order chi connectivity index (χ1) is 22.6. The van der Waals surface area contributed by atoms with Gasteiger partial charge in [-0.05, 0) is 66.6 Å².